The maximum atomic E-state index is 11.5. The molecular weight excluding hydrogens is 212 g/mol. The number of anilines is 1. The van der Waals surface area contributed by atoms with E-state index in [1.165, 1.54) is 6.07 Å². The molecular formula is C11H11ClN2O. The number of amides is 1. The van der Waals surface area contributed by atoms with E-state index in [0.29, 0.717) is 22.8 Å². The molecule has 1 rings (SSSR count). The van der Waals surface area contributed by atoms with Crippen molar-refractivity contribution in [1.82, 2.24) is 5.32 Å². The molecule has 0 fully saturated rings. The van der Waals surface area contributed by atoms with Gasteiger partial charge in [-0.1, -0.05) is 17.5 Å². The van der Waals surface area contributed by atoms with Crippen molar-refractivity contribution in [2.24, 2.45) is 0 Å². The Balaban J connectivity index is 2.72. The minimum atomic E-state index is -0.209. The van der Waals surface area contributed by atoms with Crippen molar-refractivity contribution in [3.05, 3.63) is 28.8 Å². The molecule has 15 heavy (non-hydrogen) atoms. The third-order valence-corrected chi connectivity index (χ3v) is 2.10. The van der Waals surface area contributed by atoms with Crippen LogP contribution in [0.2, 0.25) is 5.02 Å². The first kappa shape index (κ1) is 11.4. The molecule has 0 aliphatic rings. The van der Waals surface area contributed by atoms with Crippen LogP contribution in [0.5, 0.6) is 0 Å². The fourth-order valence-corrected chi connectivity index (χ4v) is 1.16. The van der Waals surface area contributed by atoms with Crippen molar-refractivity contribution in [1.29, 1.82) is 0 Å². The molecule has 0 bridgehead atoms. The van der Waals surface area contributed by atoms with E-state index in [0.717, 1.165) is 0 Å². The van der Waals surface area contributed by atoms with Gasteiger partial charge in [-0.2, -0.15) is 0 Å². The van der Waals surface area contributed by atoms with E-state index in [4.69, 9.17) is 17.3 Å². The van der Waals surface area contributed by atoms with Crippen molar-refractivity contribution in [3.8, 4) is 11.8 Å². The predicted molar refractivity (Wildman–Crippen MR) is 61.6 cm³/mol. The molecule has 0 spiro atoms. The lowest BCUT2D eigenvalue weighted by atomic mass is 10.2. The van der Waals surface area contributed by atoms with Crippen LogP contribution in [-0.2, 0) is 0 Å². The van der Waals surface area contributed by atoms with Crippen LogP contribution in [0.25, 0.3) is 0 Å². The lowest BCUT2D eigenvalue weighted by Crippen LogP contribution is -2.23. The molecule has 0 aromatic heterocycles. The highest BCUT2D eigenvalue weighted by molar-refractivity contribution is 6.33. The van der Waals surface area contributed by atoms with Crippen LogP contribution in [0, 0.1) is 11.8 Å². The maximum absolute atomic E-state index is 11.5. The number of nitrogen functional groups attached to an aromatic ring is 1. The van der Waals surface area contributed by atoms with Gasteiger partial charge in [0.2, 0.25) is 0 Å². The molecule has 0 saturated carbocycles. The summed E-state index contributed by atoms with van der Waals surface area (Å²) in [5, 5.41) is 3.01. The lowest BCUT2D eigenvalue weighted by Gasteiger charge is -2.03. The fourth-order valence-electron chi connectivity index (χ4n) is 0.983. The third-order valence-electron chi connectivity index (χ3n) is 1.78. The van der Waals surface area contributed by atoms with Gasteiger partial charge in [-0.25, -0.2) is 0 Å². The van der Waals surface area contributed by atoms with Gasteiger partial charge in [0, 0.05) is 5.56 Å². The Morgan fingerprint density at radius 3 is 2.93 bits per heavy atom. The number of carbonyl (C=O) groups excluding carboxylic acids is 1. The quantitative estimate of drug-likeness (QED) is 0.591. The van der Waals surface area contributed by atoms with Gasteiger partial charge in [0.15, 0.2) is 0 Å². The number of nitrogens with one attached hydrogen (secondary N) is 1. The lowest BCUT2D eigenvalue weighted by molar-refractivity contribution is 0.0958. The fraction of sp³-hybridized carbons (Fsp3) is 0.182. The molecule has 0 aliphatic carbocycles. The number of hydrogen-bond acceptors (Lipinski definition) is 2. The first-order valence-electron chi connectivity index (χ1n) is 4.38. The summed E-state index contributed by atoms with van der Waals surface area (Å²) in [6.07, 6.45) is 0. The second-order valence-electron chi connectivity index (χ2n) is 2.85. The molecule has 3 nitrogen and oxygen atoms in total. The standard InChI is InChI=1S/C11H11ClN2O/c1-2-3-6-14-11(15)8-4-5-10(13)9(12)7-8/h4-5,7H,6,13H2,1H3,(H,14,15). The normalized spacial score (nSPS) is 8.93. The van der Waals surface area contributed by atoms with E-state index < -0.39 is 0 Å². The van der Waals surface area contributed by atoms with E-state index >= 15 is 0 Å². The van der Waals surface area contributed by atoms with Crippen LogP contribution in [0.1, 0.15) is 17.3 Å². The second-order valence-corrected chi connectivity index (χ2v) is 3.25. The molecule has 3 N–H and O–H groups in total. The SMILES string of the molecule is CC#CCNC(=O)c1ccc(N)c(Cl)c1. The van der Waals surface area contributed by atoms with Crippen LogP contribution in [0.4, 0.5) is 5.69 Å². The summed E-state index contributed by atoms with van der Waals surface area (Å²) in [5.74, 6) is 5.21. The topological polar surface area (TPSA) is 55.1 Å². The average molecular weight is 223 g/mol. The number of carbonyl (C=O) groups is 1. The van der Waals surface area contributed by atoms with E-state index in [1.54, 1.807) is 19.1 Å². The van der Waals surface area contributed by atoms with Gasteiger partial charge in [-0.3, -0.25) is 4.79 Å². The first-order valence-corrected chi connectivity index (χ1v) is 4.75. The van der Waals surface area contributed by atoms with Crippen LogP contribution < -0.4 is 11.1 Å². The van der Waals surface area contributed by atoms with Crippen molar-refractivity contribution in [2.45, 2.75) is 6.92 Å². The van der Waals surface area contributed by atoms with Gasteiger partial charge in [0.25, 0.3) is 5.91 Å². The van der Waals surface area contributed by atoms with Crippen LogP contribution in [0.15, 0.2) is 18.2 Å². The Kier molecular flexibility index (Phi) is 4.02. The van der Waals surface area contributed by atoms with Crippen LogP contribution >= 0.6 is 11.6 Å². The summed E-state index contributed by atoms with van der Waals surface area (Å²) < 4.78 is 0. The summed E-state index contributed by atoms with van der Waals surface area (Å²) in [6, 6.07) is 4.75. The van der Waals surface area contributed by atoms with Gasteiger partial charge in [-0.15, -0.1) is 5.92 Å². The molecule has 0 radical (unpaired) electrons. The number of rotatable bonds is 2. The van der Waals surface area contributed by atoms with E-state index in [2.05, 4.69) is 17.2 Å². The summed E-state index contributed by atoms with van der Waals surface area (Å²) in [7, 11) is 0. The smallest absolute Gasteiger partial charge is 0.252 e. The van der Waals surface area contributed by atoms with Gasteiger partial charge < -0.3 is 11.1 Å². The van der Waals surface area contributed by atoms with Crippen LogP contribution in [0.3, 0.4) is 0 Å². The summed E-state index contributed by atoms with van der Waals surface area (Å²) >= 11 is 5.79. The number of halogens is 1. The Hall–Kier alpha value is -1.66. The van der Waals surface area contributed by atoms with Crippen molar-refractivity contribution < 1.29 is 4.79 Å². The zero-order valence-electron chi connectivity index (χ0n) is 8.30. The predicted octanol–water partition coefficient (Wildman–Crippen LogP) is 1.68. The van der Waals surface area contributed by atoms with Gasteiger partial charge in [-0.05, 0) is 25.1 Å². The summed E-state index contributed by atoms with van der Waals surface area (Å²) in [6.45, 7) is 2.05. The number of benzene rings is 1. The molecule has 0 heterocycles. The highest BCUT2D eigenvalue weighted by Gasteiger charge is 2.05. The molecule has 0 unspecified atom stereocenters. The van der Waals surface area contributed by atoms with Gasteiger partial charge in [0.1, 0.15) is 0 Å². The summed E-state index contributed by atoms with van der Waals surface area (Å²) in [4.78, 5) is 11.5. The number of nitrogens with two attached hydrogens (primary N) is 1. The molecule has 0 atom stereocenters. The van der Waals surface area contributed by atoms with Crippen LogP contribution in [-0.4, -0.2) is 12.5 Å². The van der Waals surface area contributed by atoms with Crippen molar-refractivity contribution >= 4 is 23.2 Å². The molecule has 4 heteroatoms. The minimum Gasteiger partial charge on any atom is -0.398 e. The van der Waals surface area contributed by atoms with Gasteiger partial charge in [0.05, 0.1) is 17.3 Å². The Morgan fingerprint density at radius 2 is 2.33 bits per heavy atom. The van der Waals surface area contributed by atoms with E-state index in [1.807, 2.05) is 0 Å². The highest BCUT2D eigenvalue weighted by atomic mass is 35.5. The molecule has 0 aliphatic heterocycles. The maximum Gasteiger partial charge on any atom is 0.252 e. The Bertz CT molecular complexity index is 432. The Morgan fingerprint density at radius 1 is 1.60 bits per heavy atom. The first-order chi connectivity index (χ1) is 7.15. The summed E-state index contributed by atoms with van der Waals surface area (Å²) in [5.41, 5.74) is 6.46. The third kappa shape index (κ3) is 3.19. The number of hydrogen-bond donors (Lipinski definition) is 2. The molecule has 1 amide bonds. The largest absolute Gasteiger partial charge is 0.398 e. The van der Waals surface area contributed by atoms with Crippen molar-refractivity contribution in [2.75, 3.05) is 12.3 Å². The Labute approximate surface area is 93.6 Å². The zero-order valence-corrected chi connectivity index (χ0v) is 9.06. The van der Waals surface area contributed by atoms with E-state index in [9.17, 15) is 4.79 Å². The molecule has 0 saturated heterocycles. The highest BCUT2D eigenvalue weighted by Crippen LogP contribution is 2.19. The van der Waals surface area contributed by atoms with Crippen molar-refractivity contribution in [3.63, 3.8) is 0 Å². The minimum absolute atomic E-state index is 0.209. The van der Waals surface area contributed by atoms with Gasteiger partial charge >= 0.3 is 0 Å². The molecule has 1 aromatic carbocycles. The average Bonchev–Trinajstić information content (AvgIpc) is 2.22. The monoisotopic (exact) mass is 222 g/mol. The van der Waals surface area contributed by atoms with E-state index in [-0.39, 0.29) is 5.91 Å². The molecule has 1 aromatic rings. The second kappa shape index (κ2) is 5.28. The molecule has 78 valence electrons. The zero-order chi connectivity index (χ0) is 11.3.